The van der Waals surface area contributed by atoms with E-state index >= 15 is 0 Å². The van der Waals surface area contributed by atoms with Gasteiger partial charge in [0.1, 0.15) is 10.7 Å². The number of nitrogens with one attached hydrogen (secondary N) is 1. The Hall–Kier alpha value is -1.76. The first kappa shape index (κ1) is 12.3. The van der Waals surface area contributed by atoms with Crippen LogP contribution in [0.3, 0.4) is 0 Å². The van der Waals surface area contributed by atoms with Crippen LogP contribution < -0.4 is 11.1 Å². The molecule has 0 bridgehead atoms. The number of hydrogen-bond acceptors (Lipinski definition) is 5. The van der Waals surface area contributed by atoms with E-state index in [-0.39, 0.29) is 17.4 Å². The summed E-state index contributed by atoms with van der Waals surface area (Å²) in [6, 6.07) is 0. The van der Waals surface area contributed by atoms with Crippen molar-refractivity contribution in [1.29, 1.82) is 0 Å². The van der Waals surface area contributed by atoms with Gasteiger partial charge in [-0.25, -0.2) is 9.97 Å². The molecule has 0 fully saturated rings. The van der Waals surface area contributed by atoms with Gasteiger partial charge in [0.25, 0.3) is 0 Å². The molecule has 1 amide bonds. The third kappa shape index (κ3) is 3.13. The second kappa shape index (κ2) is 5.36. The Bertz CT molecular complexity index is 407. The Kier molecular flexibility index (Phi) is 4.12. The van der Waals surface area contributed by atoms with E-state index in [2.05, 4.69) is 15.3 Å². The third-order valence-corrected chi connectivity index (χ3v) is 2.03. The molecule has 0 unspecified atom stereocenters. The second-order valence-corrected chi connectivity index (χ2v) is 3.70. The molecule has 0 aliphatic carbocycles. The van der Waals surface area contributed by atoms with Crippen LogP contribution in [-0.4, -0.2) is 46.4 Å². The van der Waals surface area contributed by atoms with E-state index < -0.39 is 0 Å². The summed E-state index contributed by atoms with van der Waals surface area (Å²) in [5.41, 5.74) is 5.87. The van der Waals surface area contributed by atoms with Crippen molar-refractivity contribution in [3.63, 3.8) is 0 Å². The summed E-state index contributed by atoms with van der Waals surface area (Å²) in [5, 5.41) is 2.84. The molecule has 0 spiro atoms. The van der Waals surface area contributed by atoms with E-state index in [1.54, 1.807) is 14.1 Å². The monoisotopic (exact) mass is 239 g/mol. The van der Waals surface area contributed by atoms with Crippen LogP contribution in [-0.2, 0) is 4.79 Å². The summed E-state index contributed by atoms with van der Waals surface area (Å²) in [5.74, 6) is 0.352. The van der Waals surface area contributed by atoms with Crippen molar-refractivity contribution in [1.82, 2.24) is 14.9 Å². The van der Waals surface area contributed by atoms with Crippen molar-refractivity contribution in [2.24, 2.45) is 5.73 Å². The van der Waals surface area contributed by atoms with Gasteiger partial charge in [0.05, 0.1) is 6.54 Å². The van der Waals surface area contributed by atoms with Crippen LogP contribution in [0.4, 0.5) is 5.82 Å². The maximum atomic E-state index is 11.3. The van der Waals surface area contributed by atoms with Gasteiger partial charge in [0, 0.05) is 26.5 Å². The lowest BCUT2D eigenvalue weighted by atomic mass is 10.4. The number of carbonyl (C=O) groups excluding carboxylic acids is 1. The van der Waals surface area contributed by atoms with Crippen molar-refractivity contribution in [2.75, 3.05) is 26.0 Å². The molecule has 16 heavy (non-hydrogen) atoms. The van der Waals surface area contributed by atoms with Crippen LogP contribution in [0.1, 0.15) is 5.69 Å². The zero-order valence-electron chi connectivity index (χ0n) is 9.10. The maximum absolute atomic E-state index is 11.3. The zero-order valence-corrected chi connectivity index (χ0v) is 9.91. The highest BCUT2D eigenvalue weighted by Gasteiger charge is 2.09. The van der Waals surface area contributed by atoms with Gasteiger partial charge >= 0.3 is 0 Å². The van der Waals surface area contributed by atoms with Gasteiger partial charge in [0.15, 0.2) is 5.82 Å². The normalized spacial score (nSPS) is 9.62. The first-order chi connectivity index (χ1) is 7.52. The Morgan fingerprint density at radius 3 is 2.69 bits per heavy atom. The fourth-order valence-corrected chi connectivity index (χ4v) is 1.11. The molecule has 1 heterocycles. The summed E-state index contributed by atoms with van der Waals surface area (Å²) >= 11 is 4.82. The molecule has 0 aromatic carbocycles. The molecule has 6 nitrogen and oxygen atoms in total. The Balaban J connectivity index is 2.74. The number of hydrogen-bond donors (Lipinski definition) is 2. The molecular formula is C9H13N5OS. The highest BCUT2D eigenvalue weighted by molar-refractivity contribution is 7.80. The molecule has 0 saturated carbocycles. The third-order valence-electron chi connectivity index (χ3n) is 1.84. The molecule has 7 heteroatoms. The number of carbonyl (C=O) groups is 1. The molecule has 0 saturated heterocycles. The Morgan fingerprint density at radius 2 is 2.12 bits per heavy atom. The number of nitrogens with two attached hydrogens (primary N) is 1. The highest BCUT2D eigenvalue weighted by atomic mass is 32.1. The van der Waals surface area contributed by atoms with Gasteiger partial charge in [-0.3, -0.25) is 4.79 Å². The molecule has 1 aromatic rings. The van der Waals surface area contributed by atoms with Crippen molar-refractivity contribution in [3.8, 4) is 0 Å². The molecule has 3 N–H and O–H groups in total. The predicted molar refractivity (Wildman–Crippen MR) is 65.1 cm³/mol. The zero-order chi connectivity index (χ0) is 12.1. The van der Waals surface area contributed by atoms with Gasteiger partial charge in [-0.1, -0.05) is 12.2 Å². The highest BCUT2D eigenvalue weighted by Crippen LogP contribution is 2.07. The van der Waals surface area contributed by atoms with Crippen LogP contribution in [0.25, 0.3) is 0 Å². The van der Waals surface area contributed by atoms with E-state index in [0.29, 0.717) is 11.5 Å². The first-order valence-corrected chi connectivity index (χ1v) is 4.98. The minimum absolute atomic E-state index is 0.0699. The van der Waals surface area contributed by atoms with Crippen LogP contribution in [0.5, 0.6) is 0 Å². The first-order valence-electron chi connectivity index (χ1n) is 4.57. The van der Waals surface area contributed by atoms with Gasteiger partial charge in [0.2, 0.25) is 5.91 Å². The average molecular weight is 239 g/mol. The summed E-state index contributed by atoms with van der Waals surface area (Å²) in [4.78, 5) is 21.0. The summed E-state index contributed by atoms with van der Waals surface area (Å²) in [6.07, 6.45) is 3.00. The van der Waals surface area contributed by atoms with Crippen molar-refractivity contribution >= 4 is 28.9 Å². The molecular weight excluding hydrogens is 226 g/mol. The lowest BCUT2D eigenvalue weighted by Crippen LogP contribution is -2.29. The minimum atomic E-state index is -0.0699. The van der Waals surface area contributed by atoms with E-state index in [1.165, 1.54) is 17.3 Å². The van der Waals surface area contributed by atoms with E-state index in [1.807, 2.05) is 0 Å². The fraction of sp³-hybridized carbons (Fsp3) is 0.333. The van der Waals surface area contributed by atoms with Crippen molar-refractivity contribution in [2.45, 2.75) is 0 Å². The van der Waals surface area contributed by atoms with Gasteiger partial charge in [-0.2, -0.15) is 0 Å². The largest absolute Gasteiger partial charge is 0.388 e. The van der Waals surface area contributed by atoms with Crippen molar-refractivity contribution in [3.05, 3.63) is 18.1 Å². The lowest BCUT2D eigenvalue weighted by molar-refractivity contribution is -0.126. The number of rotatable bonds is 4. The fourth-order valence-electron chi connectivity index (χ4n) is 0.965. The Morgan fingerprint density at radius 1 is 1.50 bits per heavy atom. The van der Waals surface area contributed by atoms with Crippen molar-refractivity contribution < 1.29 is 4.79 Å². The number of likely N-dealkylation sites (N-methyl/N-ethyl adjacent to an activating group) is 1. The number of amides is 1. The number of nitrogens with zero attached hydrogens (tertiary/aromatic N) is 3. The number of anilines is 1. The minimum Gasteiger partial charge on any atom is -0.388 e. The van der Waals surface area contributed by atoms with Crippen LogP contribution in [0.15, 0.2) is 12.4 Å². The SMILES string of the molecule is CN(C)C(=O)CNc1nccnc1C(N)=S. The summed E-state index contributed by atoms with van der Waals surface area (Å²) < 4.78 is 0. The molecule has 0 aliphatic rings. The van der Waals surface area contributed by atoms with Gasteiger partial charge < -0.3 is 16.0 Å². The molecule has 0 aliphatic heterocycles. The average Bonchev–Trinajstić information content (AvgIpc) is 2.25. The molecule has 0 radical (unpaired) electrons. The standard InChI is InChI=1S/C9H13N5OS/c1-14(2)6(15)5-13-9-7(8(10)16)11-3-4-12-9/h3-4H,5H2,1-2H3,(H2,10,16)(H,12,13). The van der Waals surface area contributed by atoms with E-state index in [0.717, 1.165) is 0 Å². The maximum Gasteiger partial charge on any atom is 0.241 e. The van der Waals surface area contributed by atoms with Crippen LogP contribution >= 0.6 is 12.2 Å². The topological polar surface area (TPSA) is 84.1 Å². The second-order valence-electron chi connectivity index (χ2n) is 3.26. The van der Waals surface area contributed by atoms with E-state index in [9.17, 15) is 4.79 Å². The number of aromatic nitrogens is 2. The number of thiocarbonyl (C=S) groups is 1. The smallest absolute Gasteiger partial charge is 0.241 e. The molecule has 0 atom stereocenters. The summed E-state index contributed by atoms with van der Waals surface area (Å²) in [7, 11) is 3.35. The molecule has 1 aromatic heterocycles. The van der Waals surface area contributed by atoms with E-state index in [4.69, 9.17) is 18.0 Å². The van der Waals surface area contributed by atoms with Crippen LogP contribution in [0.2, 0.25) is 0 Å². The lowest BCUT2D eigenvalue weighted by Gasteiger charge is -2.12. The molecule has 86 valence electrons. The quantitative estimate of drug-likeness (QED) is 0.696. The Labute approximate surface area is 98.9 Å². The molecule has 1 rings (SSSR count). The predicted octanol–water partition coefficient (Wildman–Crippen LogP) is -0.389. The summed E-state index contributed by atoms with van der Waals surface area (Å²) in [6.45, 7) is 0.126. The van der Waals surface area contributed by atoms with Gasteiger partial charge in [-0.05, 0) is 0 Å². The van der Waals surface area contributed by atoms with Gasteiger partial charge in [-0.15, -0.1) is 0 Å². The van der Waals surface area contributed by atoms with Crippen LogP contribution in [0, 0.1) is 0 Å².